The van der Waals surface area contributed by atoms with E-state index in [1.54, 1.807) is 0 Å². The summed E-state index contributed by atoms with van der Waals surface area (Å²) in [6, 6.07) is 0. The van der Waals surface area contributed by atoms with Crippen molar-refractivity contribution in [3.8, 4) is 0 Å². The van der Waals surface area contributed by atoms with Crippen LogP contribution in [0.25, 0.3) is 0 Å². The zero-order chi connectivity index (χ0) is 14.2. The highest BCUT2D eigenvalue weighted by Gasteiger charge is 2.30. The Bertz CT molecular complexity index is 275. The van der Waals surface area contributed by atoms with Crippen LogP contribution in [0, 0.1) is 11.8 Å². The molecule has 0 aromatic heterocycles. The van der Waals surface area contributed by atoms with Crippen molar-refractivity contribution in [2.45, 2.75) is 76.7 Å². The van der Waals surface area contributed by atoms with E-state index in [0.717, 1.165) is 57.0 Å². The minimum absolute atomic E-state index is 0.199. The van der Waals surface area contributed by atoms with Gasteiger partial charge in [0.25, 0.3) is 0 Å². The number of ether oxygens (including phenoxy) is 1. The van der Waals surface area contributed by atoms with Crippen LogP contribution in [0.4, 0.5) is 4.39 Å². The molecule has 0 N–H and O–H groups in total. The van der Waals surface area contributed by atoms with E-state index >= 15 is 0 Å². The van der Waals surface area contributed by atoms with Gasteiger partial charge in [0.2, 0.25) is 0 Å². The third kappa shape index (κ3) is 5.16. The van der Waals surface area contributed by atoms with E-state index in [9.17, 15) is 9.18 Å². The van der Waals surface area contributed by atoms with Crippen molar-refractivity contribution < 1.29 is 13.9 Å². The van der Waals surface area contributed by atoms with Crippen molar-refractivity contribution in [2.24, 2.45) is 11.8 Å². The molecule has 2 rings (SSSR count). The first-order valence-electron chi connectivity index (χ1n) is 8.49. The second-order valence-corrected chi connectivity index (χ2v) is 6.53. The fourth-order valence-corrected chi connectivity index (χ4v) is 3.78. The van der Waals surface area contributed by atoms with Crippen LogP contribution in [0.15, 0.2) is 0 Å². The maximum Gasteiger partial charge on any atom is 0.132 e. The Labute approximate surface area is 122 Å². The lowest BCUT2D eigenvalue weighted by Gasteiger charge is -2.35. The van der Waals surface area contributed by atoms with Crippen LogP contribution in [0.3, 0.4) is 0 Å². The van der Waals surface area contributed by atoms with Crippen LogP contribution in [0.1, 0.15) is 70.6 Å². The van der Waals surface area contributed by atoms with Crippen molar-refractivity contribution in [2.75, 3.05) is 13.3 Å². The molecule has 0 atom stereocenters. The number of rotatable bonds is 7. The molecule has 3 heteroatoms. The summed E-state index contributed by atoms with van der Waals surface area (Å²) in [6.45, 7) is 0.599. The monoisotopic (exact) mass is 284 g/mol. The zero-order valence-electron chi connectivity index (χ0n) is 12.6. The Morgan fingerprint density at radius 1 is 0.900 bits per heavy atom. The van der Waals surface area contributed by atoms with Gasteiger partial charge in [-0.25, -0.2) is 0 Å². The number of Topliss-reactive ketones (excluding diaryl/α,β-unsaturated/α-hetero) is 1. The summed E-state index contributed by atoms with van der Waals surface area (Å²) < 4.78 is 17.9. The van der Waals surface area contributed by atoms with E-state index < -0.39 is 0 Å². The molecular formula is C17H29FO2. The summed E-state index contributed by atoms with van der Waals surface area (Å²) >= 11 is 0. The largest absolute Gasteiger partial charge is 0.378 e. The van der Waals surface area contributed by atoms with Gasteiger partial charge < -0.3 is 4.74 Å². The van der Waals surface area contributed by atoms with Crippen LogP contribution in [0.2, 0.25) is 0 Å². The highest BCUT2D eigenvalue weighted by Crippen LogP contribution is 2.38. The summed E-state index contributed by atoms with van der Waals surface area (Å²) in [5.74, 6) is 2.08. The van der Waals surface area contributed by atoms with Gasteiger partial charge in [-0.15, -0.1) is 0 Å². The number of halogens is 1. The van der Waals surface area contributed by atoms with Crippen LogP contribution in [-0.2, 0) is 9.53 Å². The molecule has 0 heterocycles. The Kier molecular flexibility index (Phi) is 6.98. The van der Waals surface area contributed by atoms with Crippen LogP contribution >= 0.6 is 0 Å². The fraction of sp³-hybridized carbons (Fsp3) is 0.941. The highest BCUT2D eigenvalue weighted by molar-refractivity contribution is 5.79. The number of hydrogen-bond acceptors (Lipinski definition) is 2. The smallest absolute Gasteiger partial charge is 0.132 e. The molecule has 2 fully saturated rings. The number of carbonyl (C=O) groups is 1. The summed E-state index contributed by atoms with van der Waals surface area (Å²) in [5, 5.41) is 0. The molecule has 0 aromatic carbocycles. The lowest BCUT2D eigenvalue weighted by atomic mass is 9.72. The second kappa shape index (κ2) is 8.76. The van der Waals surface area contributed by atoms with Crippen molar-refractivity contribution in [1.82, 2.24) is 0 Å². The van der Waals surface area contributed by atoms with Crippen molar-refractivity contribution in [1.29, 1.82) is 0 Å². The molecule has 2 aliphatic rings. The summed E-state index contributed by atoms with van der Waals surface area (Å²) in [5.41, 5.74) is 0. The number of ketones is 1. The topological polar surface area (TPSA) is 26.3 Å². The first-order chi connectivity index (χ1) is 9.79. The molecule has 0 radical (unpaired) electrons. The van der Waals surface area contributed by atoms with Gasteiger partial charge in [0.05, 0.1) is 12.8 Å². The number of alkyl halides is 1. The van der Waals surface area contributed by atoms with Gasteiger partial charge in [-0.1, -0.05) is 0 Å². The first kappa shape index (κ1) is 15.9. The fourth-order valence-electron chi connectivity index (χ4n) is 3.78. The molecule has 2 nitrogen and oxygen atoms in total. The lowest BCUT2D eigenvalue weighted by Crippen LogP contribution is -2.28. The lowest BCUT2D eigenvalue weighted by molar-refractivity contribution is -0.121. The zero-order valence-corrected chi connectivity index (χ0v) is 12.6. The van der Waals surface area contributed by atoms with Gasteiger partial charge in [-0.05, 0) is 69.6 Å². The first-order valence-corrected chi connectivity index (χ1v) is 8.49. The third-order valence-corrected chi connectivity index (χ3v) is 5.10. The molecule has 0 spiro atoms. The van der Waals surface area contributed by atoms with Gasteiger partial charge in [0.15, 0.2) is 0 Å². The minimum Gasteiger partial charge on any atom is -0.378 e. The highest BCUT2D eigenvalue weighted by atomic mass is 19.1. The molecule has 0 aliphatic heterocycles. The molecular weight excluding hydrogens is 255 g/mol. The summed E-state index contributed by atoms with van der Waals surface area (Å²) in [7, 11) is 0. The molecule has 0 bridgehead atoms. The van der Waals surface area contributed by atoms with Crippen LogP contribution in [0.5, 0.6) is 0 Å². The summed E-state index contributed by atoms with van der Waals surface area (Å²) in [6.07, 6.45) is 11.8. The van der Waals surface area contributed by atoms with Gasteiger partial charge in [-0.3, -0.25) is 9.18 Å². The quantitative estimate of drug-likeness (QED) is 0.645. The Balaban J connectivity index is 1.56. The molecule has 20 heavy (non-hydrogen) atoms. The average Bonchev–Trinajstić information content (AvgIpc) is 2.49. The molecule has 2 saturated carbocycles. The Hall–Kier alpha value is -0.440. The number of unbranched alkanes of at least 4 members (excludes halogenated alkanes) is 2. The van der Waals surface area contributed by atoms with E-state index in [-0.39, 0.29) is 6.67 Å². The second-order valence-electron chi connectivity index (χ2n) is 6.53. The molecule has 0 aromatic rings. The normalized spacial score (nSPS) is 28.8. The maximum atomic E-state index is 12.0. The molecule has 0 unspecified atom stereocenters. The van der Waals surface area contributed by atoms with Gasteiger partial charge in [0.1, 0.15) is 5.78 Å². The van der Waals surface area contributed by atoms with E-state index in [2.05, 4.69) is 0 Å². The van der Waals surface area contributed by atoms with E-state index in [0.29, 0.717) is 18.3 Å². The molecule has 116 valence electrons. The van der Waals surface area contributed by atoms with Crippen LogP contribution < -0.4 is 0 Å². The molecule has 0 amide bonds. The molecule has 2 aliphatic carbocycles. The van der Waals surface area contributed by atoms with Gasteiger partial charge >= 0.3 is 0 Å². The standard InChI is InChI=1S/C17H29FO2/c18-12-2-1-3-13-20-17-10-6-15(7-11-17)14-4-8-16(19)9-5-14/h14-15,17H,1-13H2. The van der Waals surface area contributed by atoms with E-state index in [4.69, 9.17) is 4.74 Å². The predicted octanol–water partition coefficient (Wildman–Crippen LogP) is 4.46. The van der Waals surface area contributed by atoms with Crippen LogP contribution in [-0.4, -0.2) is 25.2 Å². The van der Waals surface area contributed by atoms with Crippen molar-refractivity contribution in [3.05, 3.63) is 0 Å². The number of hydrogen-bond donors (Lipinski definition) is 0. The molecule has 0 saturated heterocycles. The third-order valence-electron chi connectivity index (χ3n) is 5.10. The Morgan fingerprint density at radius 3 is 2.20 bits per heavy atom. The average molecular weight is 284 g/mol. The van der Waals surface area contributed by atoms with Gasteiger partial charge in [-0.2, -0.15) is 0 Å². The van der Waals surface area contributed by atoms with E-state index in [1.165, 1.54) is 25.7 Å². The minimum atomic E-state index is -0.199. The van der Waals surface area contributed by atoms with Crippen molar-refractivity contribution >= 4 is 5.78 Å². The summed E-state index contributed by atoms with van der Waals surface area (Å²) in [4.78, 5) is 11.3. The number of carbonyl (C=O) groups excluding carboxylic acids is 1. The van der Waals surface area contributed by atoms with E-state index in [1.807, 2.05) is 0 Å². The predicted molar refractivity (Wildman–Crippen MR) is 78.5 cm³/mol. The SMILES string of the molecule is O=C1CCC(C2CCC(OCCCCCF)CC2)CC1. The maximum absolute atomic E-state index is 12.0. The van der Waals surface area contributed by atoms with Gasteiger partial charge in [0, 0.05) is 19.4 Å². The Morgan fingerprint density at radius 2 is 1.55 bits per heavy atom. The van der Waals surface area contributed by atoms with Crippen molar-refractivity contribution in [3.63, 3.8) is 0 Å².